The molecule has 1 atom stereocenters. The van der Waals surface area contributed by atoms with Gasteiger partial charge in [-0.05, 0) is 58.2 Å². The summed E-state index contributed by atoms with van der Waals surface area (Å²) in [5.74, 6) is -0.108. The molecule has 1 aliphatic carbocycles. The average Bonchev–Trinajstić information content (AvgIpc) is 2.45. The second kappa shape index (κ2) is 7.79. The summed E-state index contributed by atoms with van der Waals surface area (Å²) in [6.07, 6.45) is 3.14. The minimum absolute atomic E-state index is 0.0391. The Morgan fingerprint density at radius 3 is 2.54 bits per heavy atom. The predicted octanol–water partition coefficient (Wildman–Crippen LogP) is 2.03. The van der Waals surface area contributed by atoms with Crippen LogP contribution in [-0.2, 0) is 16.0 Å². The maximum Gasteiger partial charge on any atom is 0.234 e. The largest absolute Gasteiger partial charge is 0.350 e. The van der Waals surface area contributed by atoms with Crippen molar-refractivity contribution >= 4 is 11.8 Å². The molecule has 132 valence electrons. The Morgan fingerprint density at radius 1 is 1.17 bits per heavy atom. The topological polar surface area (TPSA) is 61.4 Å². The van der Waals surface area contributed by atoms with Gasteiger partial charge in [-0.25, -0.2) is 0 Å². The van der Waals surface area contributed by atoms with Crippen molar-refractivity contribution in [2.45, 2.75) is 51.6 Å². The van der Waals surface area contributed by atoms with E-state index in [2.05, 4.69) is 22.8 Å². The Hall–Kier alpha value is -1.88. The van der Waals surface area contributed by atoms with Gasteiger partial charge < -0.3 is 10.6 Å². The maximum atomic E-state index is 12.3. The zero-order valence-electron chi connectivity index (χ0n) is 15.2. The van der Waals surface area contributed by atoms with Crippen LogP contribution in [0.4, 0.5) is 0 Å². The lowest BCUT2D eigenvalue weighted by Crippen LogP contribution is -2.47. The molecule has 1 aromatic carbocycles. The van der Waals surface area contributed by atoms with Crippen LogP contribution in [0.1, 0.15) is 50.8 Å². The van der Waals surface area contributed by atoms with Crippen molar-refractivity contribution in [3.05, 3.63) is 35.4 Å². The molecule has 24 heavy (non-hydrogen) atoms. The van der Waals surface area contributed by atoms with Crippen LogP contribution in [0.25, 0.3) is 0 Å². The lowest BCUT2D eigenvalue weighted by molar-refractivity contribution is -0.125. The van der Waals surface area contributed by atoms with E-state index in [9.17, 15) is 9.59 Å². The van der Waals surface area contributed by atoms with E-state index in [4.69, 9.17) is 0 Å². The van der Waals surface area contributed by atoms with Gasteiger partial charge in [0, 0.05) is 5.54 Å². The van der Waals surface area contributed by atoms with Crippen LogP contribution in [0.3, 0.4) is 0 Å². The molecule has 1 aromatic rings. The molecule has 0 saturated heterocycles. The first-order valence-corrected chi connectivity index (χ1v) is 8.61. The number of nitrogens with zero attached hydrogens (tertiary/aromatic N) is 1. The zero-order chi connectivity index (χ0) is 17.7. The monoisotopic (exact) mass is 331 g/mol. The maximum absolute atomic E-state index is 12.3. The summed E-state index contributed by atoms with van der Waals surface area (Å²) in [5, 5.41) is 6.02. The fourth-order valence-electron chi connectivity index (χ4n) is 3.15. The van der Waals surface area contributed by atoms with Gasteiger partial charge in [-0.15, -0.1) is 0 Å². The Morgan fingerprint density at radius 2 is 1.83 bits per heavy atom. The molecule has 0 unspecified atom stereocenters. The van der Waals surface area contributed by atoms with E-state index in [1.54, 1.807) is 11.9 Å². The Labute approximate surface area is 144 Å². The normalized spacial score (nSPS) is 17.3. The number of likely N-dealkylation sites (N-methyl/N-ethyl adjacent to an activating group) is 1. The van der Waals surface area contributed by atoms with Crippen molar-refractivity contribution in [2.75, 3.05) is 20.1 Å². The third-order valence-electron chi connectivity index (χ3n) is 4.05. The Balaban J connectivity index is 1.84. The molecule has 2 N–H and O–H groups in total. The van der Waals surface area contributed by atoms with Crippen molar-refractivity contribution < 1.29 is 9.59 Å². The van der Waals surface area contributed by atoms with E-state index in [1.807, 2.05) is 32.9 Å². The second-order valence-corrected chi connectivity index (χ2v) is 7.68. The minimum atomic E-state index is -0.258. The van der Waals surface area contributed by atoms with Gasteiger partial charge in [0.05, 0.1) is 19.1 Å². The van der Waals surface area contributed by atoms with E-state index in [-0.39, 0.29) is 36.5 Å². The Kier molecular flexibility index (Phi) is 5.99. The zero-order valence-corrected chi connectivity index (χ0v) is 15.2. The number of benzene rings is 1. The average molecular weight is 331 g/mol. The molecule has 0 fully saturated rings. The van der Waals surface area contributed by atoms with Gasteiger partial charge in [0.2, 0.25) is 11.8 Å². The van der Waals surface area contributed by atoms with Crippen molar-refractivity contribution in [3.8, 4) is 0 Å². The lowest BCUT2D eigenvalue weighted by atomic mass is 9.88. The number of fused-ring (bicyclic) bond motifs is 1. The molecule has 5 heteroatoms. The molecule has 0 aliphatic heterocycles. The van der Waals surface area contributed by atoms with Gasteiger partial charge in [-0.3, -0.25) is 14.5 Å². The summed E-state index contributed by atoms with van der Waals surface area (Å²) in [5.41, 5.74) is 2.30. The van der Waals surface area contributed by atoms with E-state index in [0.29, 0.717) is 0 Å². The third-order valence-corrected chi connectivity index (χ3v) is 4.05. The number of amides is 2. The Bertz CT molecular complexity index is 593. The van der Waals surface area contributed by atoms with Gasteiger partial charge in [-0.2, -0.15) is 0 Å². The van der Waals surface area contributed by atoms with Gasteiger partial charge >= 0.3 is 0 Å². The van der Waals surface area contributed by atoms with Crippen LogP contribution >= 0.6 is 0 Å². The second-order valence-electron chi connectivity index (χ2n) is 7.68. The fraction of sp³-hybridized carbons (Fsp3) is 0.579. The number of hydrogen-bond donors (Lipinski definition) is 2. The number of carbonyl (C=O) groups excluding carboxylic acids is 2. The molecule has 2 amide bonds. The fourth-order valence-corrected chi connectivity index (χ4v) is 3.15. The SMILES string of the molecule is CN(CC(=O)N[C@@H]1CCCc2ccccc21)CC(=O)NC(C)(C)C. The summed E-state index contributed by atoms with van der Waals surface area (Å²) in [6.45, 7) is 6.26. The highest BCUT2D eigenvalue weighted by Crippen LogP contribution is 2.29. The number of rotatable bonds is 5. The van der Waals surface area contributed by atoms with Crippen molar-refractivity contribution in [2.24, 2.45) is 0 Å². The van der Waals surface area contributed by atoms with Gasteiger partial charge in [0.15, 0.2) is 0 Å². The van der Waals surface area contributed by atoms with Crippen LogP contribution in [0, 0.1) is 0 Å². The molecule has 0 radical (unpaired) electrons. The van der Waals surface area contributed by atoms with Crippen LogP contribution in [-0.4, -0.2) is 42.4 Å². The highest BCUT2D eigenvalue weighted by atomic mass is 16.2. The van der Waals surface area contributed by atoms with Crippen LogP contribution < -0.4 is 10.6 Å². The number of carbonyl (C=O) groups is 2. The van der Waals surface area contributed by atoms with Gasteiger partial charge in [0.25, 0.3) is 0 Å². The smallest absolute Gasteiger partial charge is 0.234 e. The molecule has 1 aliphatic rings. The molecular weight excluding hydrogens is 302 g/mol. The first-order valence-electron chi connectivity index (χ1n) is 8.61. The van der Waals surface area contributed by atoms with Gasteiger partial charge in [0.1, 0.15) is 0 Å². The molecule has 0 spiro atoms. The van der Waals surface area contributed by atoms with E-state index in [1.165, 1.54) is 11.1 Å². The summed E-state index contributed by atoms with van der Waals surface area (Å²) in [6, 6.07) is 8.38. The van der Waals surface area contributed by atoms with Crippen molar-refractivity contribution in [1.82, 2.24) is 15.5 Å². The predicted molar refractivity (Wildman–Crippen MR) is 95.7 cm³/mol. The van der Waals surface area contributed by atoms with Gasteiger partial charge in [-0.1, -0.05) is 24.3 Å². The van der Waals surface area contributed by atoms with E-state index < -0.39 is 0 Å². The highest BCUT2D eigenvalue weighted by Gasteiger charge is 2.22. The van der Waals surface area contributed by atoms with Crippen molar-refractivity contribution in [3.63, 3.8) is 0 Å². The molecular formula is C19H29N3O2. The quantitative estimate of drug-likeness (QED) is 0.868. The molecule has 5 nitrogen and oxygen atoms in total. The summed E-state index contributed by atoms with van der Waals surface area (Å²) in [7, 11) is 1.79. The molecule has 2 rings (SSSR count). The summed E-state index contributed by atoms with van der Waals surface area (Å²) in [4.78, 5) is 26.0. The molecule has 0 aromatic heterocycles. The lowest BCUT2D eigenvalue weighted by Gasteiger charge is -2.27. The van der Waals surface area contributed by atoms with Crippen LogP contribution in [0.15, 0.2) is 24.3 Å². The third kappa shape index (κ3) is 5.64. The van der Waals surface area contributed by atoms with E-state index in [0.717, 1.165) is 19.3 Å². The molecule has 0 heterocycles. The summed E-state index contributed by atoms with van der Waals surface area (Å²) >= 11 is 0. The first-order chi connectivity index (χ1) is 11.2. The number of aryl methyl sites for hydroxylation is 1. The standard InChI is InChI=1S/C19H29N3O2/c1-19(2,3)21-18(24)13-22(4)12-17(23)20-16-11-7-9-14-8-5-6-10-15(14)16/h5-6,8,10,16H,7,9,11-13H2,1-4H3,(H,20,23)(H,21,24)/t16-/m1/s1. The summed E-state index contributed by atoms with van der Waals surface area (Å²) < 4.78 is 0. The van der Waals surface area contributed by atoms with E-state index >= 15 is 0 Å². The number of hydrogen-bond acceptors (Lipinski definition) is 3. The minimum Gasteiger partial charge on any atom is -0.350 e. The van der Waals surface area contributed by atoms with Crippen molar-refractivity contribution in [1.29, 1.82) is 0 Å². The molecule has 0 bridgehead atoms. The van der Waals surface area contributed by atoms with Crippen LogP contribution in [0.2, 0.25) is 0 Å². The molecule has 0 saturated carbocycles. The number of nitrogens with one attached hydrogen (secondary N) is 2. The van der Waals surface area contributed by atoms with Crippen LogP contribution in [0.5, 0.6) is 0 Å². The highest BCUT2D eigenvalue weighted by molar-refractivity contribution is 5.81. The first kappa shape index (κ1) is 18.5.